The first-order valence-electron chi connectivity index (χ1n) is 5.59. The average molecular weight is 220 g/mol. The van der Waals surface area contributed by atoms with E-state index in [-0.39, 0.29) is 17.9 Å². The van der Waals surface area contributed by atoms with E-state index in [2.05, 4.69) is 0 Å². The summed E-state index contributed by atoms with van der Waals surface area (Å²) < 4.78 is 0. The Balaban J connectivity index is 2.54. The van der Waals surface area contributed by atoms with Gasteiger partial charge in [-0.3, -0.25) is 4.79 Å². The van der Waals surface area contributed by atoms with Gasteiger partial charge in [-0.2, -0.15) is 0 Å². The summed E-state index contributed by atoms with van der Waals surface area (Å²) >= 11 is 0. The topological polar surface area (TPSA) is 69.1 Å². The summed E-state index contributed by atoms with van der Waals surface area (Å²) in [4.78, 5) is 10.8. The van der Waals surface area contributed by atoms with E-state index in [9.17, 15) is 4.79 Å². The standard InChI is InChI=1S/C13H20N2O/c1-9-3-5-11(6-4-9)12(14)7-10(2)8-13(15)16/h3-6,10,12H,7-8,14H2,1-2H3,(H2,15,16). The number of carbonyl (C=O) groups excluding carboxylic acids is 1. The van der Waals surface area contributed by atoms with Crippen LogP contribution in [0.2, 0.25) is 0 Å². The molecule has 16 heavy (non-hydrogen) atoms. The third-order valence-corrected chi connectivity index (χ3v) is 2.71. The zero-order chi connectivity index (χ0) is 12.1. The molecule has 1 aromatic rings. The highest BCUT2D eigenvalue weighted by Gasteiger charge is 2.12. The third kappa shape index (κ3) is 4.03. The van der Waals surface area contributed by atoms with E-state index in [0.717, 1.165) is 12.0 Å². The molecule has 0 aliphatic heterocycles. The molecule has 0 heterocycles. The molecular formula is C13H20N2O. The van der Waals surface area contributed by atoms with Crippen LogP contribution in [0.3, 0.4) is 0 Å². The minimum atomic E-state index is -0.261. The summed E-state index contributed by atoms with van der Waals surface area (Å²) in [5, 5.41) is 0. The first-order valence-corrected chi connectivity index (χ1v) is 5.59. The molecule has 0 aliphatic rings. The van der Waals surface area contributed by atoms with E-state index in [1.54, 1.807) is 0 Å². The zero-order valence-corrected chi connectivity index (χ0v) is 9.94. The first-order chi connectivity index (χ1) is 7.49. The van der Waals surface area contributed by atoms with E-state index < -0.39 is 0 Å². The number of amides is 1. The van der Waals surface area contributed by atoms with Crippen molar-refractivity contribution in [2.75, 3.05) is 0 Å². The molecule has 88 valence electrons. The van der Waals surface area contributed by atoms with Gasteiger partial charge in [0.05, 0.1) is 0 Å². The molecule has 0 saturated carbocycles. The van der Waals surface area contributed by atoms with E-state index in [4.69, 9.17) is 11.5 Å². The van der Waals surface area contributed by atoms with Gasteiger partial charge in [0.25, 0.3) is 0 Å². The van der Waals surface area contributed by atoms with Gasteiger partial charge < -0.3 is 11.5 Å². The second-order valence-electron chi connectivity index (χ2n) is 4.53. The summed E-state index contributed by atoms with van der Waals surface area (Å²) in [6, 6.07) is 8.16. The lowest BCUT2D eigenvalue weighted by molar-refractivity contribution is -0.118. The third-order valence-electron chi connectivity index (χ3n) is 2.71. The van der Waals surface area contributed by atoms with E-state index in [1.165, 1.54) is 5.56 Å². The van der Waals surface area contributed by atoms with Crippen LogP contribution in [0.4, 0.5) is 0 Å². The fourth-order valence-electron chi connectivity index (χ4n) is 1.81. The summed E-state index contributed by atoms with van der Waals surface area (Å²) in [7, 11) is 0. The summed E-state index contributed by atoms with van der Waals surface area (Å²) in [5.74, 6) is -0.0302. The summed E-state index contributed by atoms with van der Waals surface area (Å²) in [6.45, 7) is 4.05. The Morgan fingerprint density at radius 3 is 2.38 bits per heavy atom. The number of hydrogen-bond acceptors (Lipinski definition) is 2. The molecule has 0 bridgehead atoms. The predicted octanol–water partition coefficient (Wildman–Crippen LogP) is 1.90. The molecule has 0 aliphatic carbocycles. The number of primary amides is 1. The largest absolute Gasteiger partial charge is 0.370 e. The van der Waals surface area contributed by atoms with Crippen LogP contribution in [0, 0.1) is 12.8 Å². The lowest BCUT2D eigenvalue weighted by Gasteiger charge is -2.16. The summed E-state index contributed by atoms with van der Waals surface area (Å²) in [5.41, 5.74) is 13.6. The number of carbonyl (C=O) groups is 1. The number of rotatable bonds is 5. The van der Waals surface area contributed by atoms with Crippen LogP contribution in [0.5, 0.6) is 0 Å². The van der Waals surface area contributed by atoms with Crippen molar-refractivity contribution < 1.29 is 4.79 Å². The Kier molecular flexibility index (Phi) is 4.50. The average Bonchev–Trinajstić information content (AvgIpc) is 2.16. The molecule has 1 aromatic carbocycles. The van der Waals surface area contributed by atoms with Crippen LogP contribution in [0.15, 0.2) is 24.3 Å². The number of nitrogens with two attached hydrogens (primary N) is 2. The fourth-order valence-corrected chi connectivity index (χ4v) is 1.81. The van der Waals surface area contributed by atoms with Gasteiger partial charge in [-0.05, 0) is 24.8 Å². The van der Waals surface area contributed by atoms with Gasteiger partial charge in [0.2, 0.25) is 5.91 Å². The molecule has 4 N–H and O–H groups in total. The lowest BCUT2D eigenvalue weighted by Crippen LogP contribution is -2.19. The van der Waals surface area contributed by atoms with Crippen LogP contribution in [-0.4, -0.2) is 5.91 Å². The highest BCUT2D eigenvalue weighted by atomic mass is 16.1. The fraction of sp³-hybridized carbons (Fsp3) is 0.462. The molecule has 1 rings (SSSR count). The van der Waals surface area contributed by atoms with Crippen molar-refractivity contribution in [3.8, 4) is 0 Å². The lowest BCUT2D eigenvalue weighted by atomic mass is 9.94. The highest BCUT2D eigenvalue weighted by Crippen LogP contribution is 2.20. The zero-order valence-electron chi connectivity index (χ0n) is 9.94. The van der Waals surface area contributed by atoms with Gasteiger partial charge in [0, 0.05) is 12.5 Å². The monoisotopic (exact) mass is 220 g/mol. The van der Waals surface area contributed by atoms with Crippen molar-refractivity contribution in [3.05, 3.63) is 35.4 Å². The quantitative estimate of drug-likeness (QED) is 0.795. The molecule has 0 radical (unpaired) electrons. The van der Waals surface area contributed by atoms with E-state index in [0.29, 0.717) is 6.42 Å². The molecule has 2 atom stereocenters. The molecule has 3 heteroatoms. The van der Waals surface area contributed by atoms with Crippen LogP contribution in [0.25, 0.3) is 0 Å². The number of benzene rings is 1. The van der Waals surface area contributed by atoms with Gasteiger partial charge in [-0.25, -0.2) is 0 Å². The Hall–Kier alpha value is -1.35. The maximum absolute atomic E-state index is 10.8. The van der Waals surface area contributed by atoms with Gasteiger partial charge in [-0.1, -0.05) is 36.8 Å². The molecule has 3 nitrogen and oxygen atoms in total. The van der Waals surface area contributed by atoms with Crippen LogP contribution < -0.4 is 11.5 Å². The maximum Gasteiger partial charge on any atom is 0.217 e. The van der Waals surface area contributed by atoms with Crippen LogP contribution in [-0.2, 0) is 4.79 Å². The van der Waals surface area contributed by atoms with Crippen molar-refractivity contribution in [2.45, 2.75) is 32.7 Å². The maximum atomic E-state index is 10.8. The van der Waals surface area contributed by atoms with E-state index in [1.807, 2.05) is 38.1 Å². The van der Waals surface area contributed by atoms with Crippen molar-refractivity contribution in [3.63, 3.8) is 0 Å². The van der Waals surface area contributed by atoms with Crippen molar-refractivity contribution in [2.24, 2.45) is 17.4 Å². The number of hydrogen-bond donors (Lipinski definition) is 2. The van der Waals surface area contributed by atoms with Gasteiger partial charge in [-0.15, -0.1) is 0 Å². The van der Waals surface area contributed by atoms with E-state index >= 15 is 0 Å². The Labute approximate surface area is 96.8 Å². The minimum Gasteiger partial charge on any atom is -0.370 e. The van der Waals surface area contributed by atoms with Crippen molar-refractivity contribution in [1.29, 1.82) is 0 Å². The van der Waals surface area contributed by atoms with Crippen molar-refractivity contribution in [1.82, 2.24) is 0 Å². The second-order valence-corrected chi connectivity index (χ2v) is 4.53. The molecule has 0 saturated heterocycles. The predicted molar refractivity (Wildman–Crippen MR) is 65.7 cm³/mol. The normalized spacial score (nSPS) is 14.4. The first kappa shape index (κ1) is 12.7. The molecule has 0 spiro atoms. The second kappa shape index (κ2) is 5.66. The van der Waals surface area contributed by atoms with Gasteiger partial charge in [0.15, 0.2) is 0 Å². The molecular weight excluding hydrogens is 200 g/mol. The SMILES string of the molecule is Cc1ccc(C(N)CC(C)CC(N)=O)cc1. The van der Waals surface area contributed by atoms with Gasteiger partial charge >= 0.3 is 0 Å². The molecule has 0 fully saturated rings. The molecule has 1 amide bonds. The van der Waals surface area contributed by atoms with Gasteiger partial charge in [0.1, 0.15) is 0 Å². The summed E-state index contributed by atoms with van der Waals surface area (Å²) in [6.07, 6.45) is 1.19. The van der Waals surface area contributed by atoms with Crippen LogP contribution in [0.1, 0.15) is 36.9 Å². The highest BCUT2D eigenvalue weighted by molar-refractivity contribution is 5.73. The Bertz CT molecular complexity index is 345. The smallest absolute Gasteiger partial charge is 0.217 e. The molecule has 2 unspecified atom stereocenters. The van der Waals surface area contributed by atoms with Crippen molar-refractivity contribution >= 4 is 5.91 Å². The Morgan fingerprint density at radius 2 is 1.88 bits per heavy atom. The van der Waals surface area contributed by atoms with Crippen LogP contribution >= 0.6 is 0 Å². The Morgan fingerprint density at radius 1 is 1.31 bits per heavy atom. The molecule has 0 aromatic heterocycles. The minimum absolute atomic E-state index is 0.0186. The number of aryl methyl sites for hydroxylation is 1.